The van der Waals surface area contributed by atoms with Gasteiger partial charge in [0.1, 0.15) is 5.78 Å². The van der Waals surface area contributed by atoms with E-state index in [1.807, 2.05) is 42.5 Å². The minimum atomic E-state index is 0.233. The number of nitrogens with zero attached hydrogens (tertiary/aromatic N) is 1. The highest BCUT2D eigenvalue weighted by molar-refractivity contribution is 6.06. The van der Waals surface area contributed by atoms with Crippen molar-refractivity contribution in [2.45, 2.75) is 25.2 Å². The molecule has 0 aliphatic heterocycles. The highest BCUT2D eigenvalue weighted by atomic mass is 16.1. The predicted octanol–water partition coefficient (Wildman–Crippen LogP) is 3.88. The van der Waals surface area contributed by atoms with Gasteiger partial charge in [0.25, 0.3) is 0 Å². The molecule has 2 aromatic carbocycles. The van der Waals surface area contributed by atoms with Gasteiger partial charge >= 0.3 is 0 Å². The maximum absolute atomic E-state index is 12.0. The molecule has 0 bridgehead atoms. The summed E-state index contributed by atoms with van der Waals surface area (Å²) in [6.45, 7) is 0. The first-order valence-electron chi connectivity index (χ1n) is 7.20. The summed E-state index contributed by atoms with van der Waals surface area (Å²) in [7, 11) is 0. The van der Waals surface area contributed by atoms with Crippen LogP contribution in [0.3, 0.4) is 0 Å². The molecular formula is C18H18N2O. The van der Waals surface area contributed by atoms with E-state index in [4.69, 9.17) is 5.73 Å². The lowest BCUT2D eigenvalue weighted by atomic mass is 9.82. The molecule has 0 saturated heterocycles. The molecule has 2 aromatic rings. The van der Waals surface area contributed by atoms with Gasteiger partial charge in [-0.05, 0) is 30.0 Å². The van der Waals surface area contributed by atoms with Gasteiger partial charge in [-0.2, -0.15) is 0 Å². The maximum atomic E-state index is 12.0. The highest BCUT2D eigenvalue weighted by Crippen LogP contribution is 2.31. The molecule has 3 nitrogen and oxygen atoms in total. The van der Waals surface area contributed by atoms with Crippen LogP contribution in [0.15, 0.2) is 59.6 Å². The van der Waals surface area contributed by atoms with Gasteiger partial charge in [-0.25, -0.2) is 0 Å². The highest BCUT2D eigenvalue weighted by Gasteiger charge is 2.25. The Morgan fingerprint density at radius 2 is 1.67 bits per heavy atom. The van der Waals surface area contributed by atoms with Gasteiger partial charge in [0, 0.05) is 18.6 Å². The van der Waals surface area contributed by atoms with Gasteiger partial charge in [-0.15, -0.1) is 0 Å². The fraction of sp³-hybridized carbons (Fsp3) is 0.222. The molecule has 0 spiro atoms. The lowest BCUT2D eigenvalue weighted by molar-refractivity contribution is -0.118. The van der Waals surface area contributed by atoms with E-state index >= 15 is 0 Å². The van der Waals surface area contributed by atoms with Gasteiger partial charge in [-0.3, -0.25) is 9.79 Å². The van der Waals surface area contributed by atoms with Crippen molar-refractivity contribution in [1.29, 1.82) is 0 Å². The molecule has 1 aliphatic carbocycles. The predicted molar refractivity (Wildman–Crippen MR) is 86.0 cm³/mol. The molecule has 1 saturated carbocycles. The van der Waals surface area contributed by atoms with E-state index in [9.17, 15) is 4.79 Å². The summed E-state index contributed by atoms with van der Waals surface area (Å²) in [5.74, 6) is 0.486. The van der Waals surface area contributed by atoms with Crippen molar-refractivity contribution in [2.24, 2.45) is 4.99 Å². The molecule has 3 rings (SSSR count). The Labute approximate surface area is 124 Å². The van der Waals surface area contributed by atoms with Crippen molar-refractivity contribution in [3.63, 3.8) is 0 Å². The number of carbonyl (C=O) groups is 1. The summed E-state index contributed by atoms with van der Waals surface area (Å²) < 4.78 is 0. The number of benzene rings is 2. The second-order valence-electron chi connectivity index (χ2n) is 5.47. The quantitative estimate of drug-likeness (QED) is 0.847. The number of nitrogens with two attached hydrogens (primary N) is 1. The molecule has 0 aromatic heterocycles. The van der Waals surface area contributed by atoms with E-state index in [1.54, 1.807) is 0 Å². The molecular weight excluding hydrogens is 260 g/mol. The van der Waals surface area contributed by atoms with Crippen molar-refractivity contribution in [3.05, 3.63) is 60.2 Å². The van der Waals surface area contributed by atoms with Gasteiger partial charge < -0.3 is 5.73 Å². The van der Waals surface area contributed by atoms with E-state index in [0.717, 1.165) is 17.8 Å². The molecule has 21 heavy (non-hydrogen) atoms. The fourth-order valence-corrected chi connectivity index (χ4v) is 2.81. The second kappa shape index (κ2) is 5.92. The van der Waals surface area contributed by atoms with E-state index in [2.05, 4.69) is 17.1 Å². The van der Waals surface area contributed by atoms with Crippen LogP contribution in [0.4, 0.5) is 11.4 Å². The van der Waals surface area contributed by atoms with Crippen LogP contribution >= 0.6 is 0 Å². The molecule has 2 N–H and O–H groups in total. The van der Waals surface area contributed by atoms with Gasteiger partial charge in [0.2, 0.25) is 0 Å². The van der Waals surface area contributed by atoms with Crippen molar-refractivity contribution < 1.29 is 4.79 Å². The van der Waals surface area contributed by atoms with Crippen LogP contribution in [0.25, 0.3) is 0 Å². The Hall–Kier alpha value is -2.42. The van der Waals surface area contributed by atoms with Crippen molar-refractivity contribution in [2.75, 3.05) is 5.73 Å². The summed E-state index contributed by atoms with van der Waals surface area (Å²) in [5, 5.41) is 0. The standard InChI is InChI=1S/C18H18N2O/c19-17-8-4-5-9-18(17)20-15-10-14(11-16(21)12-15)13-6-2-1-3-7-13/h1-9,14H,10-12,19H2. The Kier molecular flexibility index (Phi) is 3.82. The minimum absolute atomic E-state index is 0.233. The van der Waals surface area contributed by atoms with E-state index in [0.29, 0.717) is 18.5 Å². The molecule has 0 heterocycles. The van der Waals surface area contributed by atoms with Crippen LogP contribution in [0, 0.1) is 0 Å². The zero-order chi connectivity index (χ0) is 14.7. The number of hydrogen-bond donors (Lipinski definition) is 1. The third kappa shape index (κ3) is 3.19. The number of aliphatic imine (C=N–C) groups is 1. The average Bonchev–Trinajstić information content (AvgIpc) is 2.50. The third-order valence-corrected chi connectivity index (χ3v) is 3.84. The SMILES string of the molecule is Nc1ccccc1N=C1CC(=O)CC(c2ccccc2)C1. The van der Waals surface area contributed by atoms with Crippen LogP contribution in [0.2, 0.25) is 0 Å². The minimum Gasteiger partial charge on any atom is -0.397 e. The topological polar surface area (TPSA) is 55.4 Å². The van der Waals surface area contributed by atoms with Crippen LogP contribution in [0.5, 0.6) is 0 Å². The number of hydrogen-bond acceptors (Lipinski definition) is 3. The zero-order valence-corrected chi connectivity index (χ0v) is 11.8. The monoisotopic (exact) mass is 278 g/mol. The molecule has 1 atom stereocenters. The summed E-state index contributed by atoms with van der Waals surface area (Å²) >= 11 is 0. The molecule has 0 amide bonds. The number of nitrogen functional groups attached to an aromatic ring is 1. The largest absolute Gasteiger partial charge is 0.397 e. The van der Waals surface area contributed by atoms with Gasteiger partial charge in [-0.1, -0.05) is 42.5 Å². The molecule has 106 valence electrons. The van der Waals surface area contributed by atoms with Crippen molar-refractivity contribution >= 4 is 22.9 Å². The van der Waals surface area contributed by atoms with Crippen LogP contribution in [-0.4, -0.2) is 11.5 Å². The van der Waals surface area contributed by atoms with Crippen molar-refractivity contribution in [1.82, 2.24) is 0 Å². The second-order valence-corrected chi connectivity index (χ2v) is 5.47. The Morgan fingerprint density at radius 1 is 0.952 bits per heavy atom. The van der Waals surface area contributed by atoms with Gasteiger partial charge in [0.15, 0.2) is 0 Å². The summed E-state index contributed by atoms with van der Waals surface area (Å²) in [6.07, 6.45) is 1.87. The lowest BCUT2D eigenvalue weighted by Gasteiger charge is -2.23. The number of carbonyl (C=O) groups excluding carboxylic acids is 1. The Bertz CT molecular complexity index is 677. The summed E-state index contributed by atoms with van der Waals surface area (Å²) in [4.78, 5) is 16.6. The first kappa shape index (κ1) is 13.6. The average molecular weight is 278 g/mol. The molecule has 1 fully saturated rings. The van der Waals surface area contributed by atoms with E-state index < -0.39 is 0 Å². The molecule has 0 radical (unpaired) electrons. The van der Waals surface area contributed by atoms with E-state index in [-0.39, 0.29) is 11.7 Å². The lowest BCUT2D eigenvalue weighted by Crippen LogP contribution is -2.21. The number of rotatable bonds is 2. The maximum Gasteiger partial charge on any atom is 0.139 e. The summed E-state index contributed by atoms with van der Waals surface area (Å²) in [6, 6.07) is 17.7. The normalized spacial score (nSPS) is 20.7. The molecule has 1 aliphatic rings. The third-order valence-electron chi connectivity index (χ3n) is 3.84. The first-order chi connectivity index (χ1) is 10.2. The summed E-state index contributed by atoms with van der Waals surface area (Å²) in [5.41, 5.74) is 9.47. The zero-order valence-electron chi connectivity index (χ0n) is 11.8. The Balaban J connectivity index is 1.87. The van der Waals surface area contributed by atoms with Crippen LogP contribution < -0.4 is 5.73 Å². The number of ketones is 1. The number of anilines is 1. The Morgan fingerprint density at radius 3 is 2.43 bits per heavy atom. The molecule has 3 heteroatoms. The van der Waals surface area contributed by atoms with Crippen molar-refractivity contribution in [3.8, 4) is 0 Å². The van der Waals surface area contributed by atoms with E-state index in [1.165, 1.54) is 5.56 Å². The smallest absolute Gasteiger partial charge is 0.139 e. The number of para-hydroxylation sites is 2. The van der Waals surface area contributed by atoms with Gasteiger partial charge in [0.05, 0.1) is 11.4 Å². The first-order valence-corrected chi connectivity index (χ1v) is 7.20. The van der Waals surface area contributed by atoms with Crippen LogP contribution in [-0.2, 0) is 4.79 Å². The fourth-order valence-electron chi connectivity index (χ4n) is 2.81. The number of Topliss-reactive ketones (excluding diaryl/α,β-unsaturated/α-hetero) is 1. The van der Waals surface area contributed by atoms with Crippen LogP contribution in [0.1, 0.15) is 30.7 Å². The molecule has 1 unspecified atom stereocenters.